The zero-order valence-electron chi connectivity index (χ0n) is 20.3. The van der Waals surface area contributed by atoms with E-state index in [4.69, 9.17) is 16.3 Å². The number of rotatable bonds is 5. The van der Waals surface area contributed by atoms with Crippen LogP contribution in [0.25, 0.3) is 0 Å². The summed E-state index contributed by atoms with van der Waals surface area (Å²) in [6.07, 6.45) is -9.64. The van der Waals surface area contributed by atoms with Gasteiger partial charge in [-0.15, -0.1) is 13.2 Å². The summed E-state index contributed by atoms with van der Waals surface area (Å²) in [5.41, 5.74) is -2.54. The Balaban J connectivity index is 1.74. The van der Waals surface area contributed by atoms with Crippen molar-refractivity contribution in [1.29, 1.82) is 0 Å². The van der Waals surface area contributed by atoms with E-state index in [1.165, 1.54) is 0 Å². The molecule has 40 heavy (non-hydrogen) atoms. The SMILES string of the molecule is COC(=O)C1(c2ccccc2)CN(C(=O)Nc2ccc(OC(F)(F)F)cc2)N=C1c1ccc(C(F)(F)F)c(Cl)c1. The van der Waals surface area contributed by atoms with Crippen molar-refractivity contribution in [2.45, 2.75) is 18.0 Å². The van der Waals surface area contributed by atoms with E-state index in [1.807, 2.05) is 0 Å². The van der Waals surface area contributed by atoms with Crippen molar-refractivity contribution < 1.29 is 45.4 Å². The van der Waals surface area contributed by atoms with Crippen LogP contribution in [0.15, 0.2) is 77.9 Å². The standard InChI is InChI=1S/C26H18ClF6N3O4/c1-39-22(37)24(16-5-3-2-4-6-16)14-36(23(38)34-17-8-10-18(11-9-17)40-26(31,32)33)35-21(24)15-7-12-19(20(27)13-15)25(28,29)30/h2-13H,14H2,1H3,(H,34,38). The minimum atomic E-state index is -4.90. The van der Waals surface area contributed by atoms with Crippen LogP contribution < -0.4 is 10.1 Å². The zero-order chi connectivity index (χ0) is 29.3. The predicted molar refractivity (Wildman–Crippen MR) is 132 cm³/mol. The van der Waals surface area contributed by atoms with Crippen LogP contribution in [-0.4, -0.2) is 42.7 Å². The molecule has 2 amide bonds. The number of nitrogens with zero attached hydrogens (tertiary/aromatic N) is 2. The van der Waals surface area contributed by atoms with Crippen LogP contribution in [0.4, 0.5) is 36.8 Å². The lowest BCUT2D eigenvalue weighted by atomic mass is 9.74. The fourth-order valence-corrected chi connectivity index (χ4v) is 4.47. The molecule has 4 rings (SSSR count). The second kappa shape index (κ2) is 10.7. The molecule has 1 atom stereocenters. The molecule has 0 aromatic heterocycles. The number of anilines is 1. The maximum atomic E-state index is 13.3. The predicted octanol–water partition coefficient (Wildman–Crippen LogP) is 6.62. The molecule has 7 nitrogen and oxygen atoms in total. The molecule has 0 saturated carbocycles. The van der Waals surface area contributed by atoms with Crippen LogP contribution in [0.2, 0.25) is 5.02 Å². The third-order valence-electron chi connectivity index (χ3n) is 5.93. The normalized spacial score (nSPS) is 17.3. The molecule has 1 aliphatic rings. The Kier molecular flexibility index (Phi) is 7.70. The summed E-state index contributed by atoms with van der Waals surface area (Å²) < 4.78 is 86.1. The quantitative estimate of drug-likeness (QED) is 0.270. The van der Waals surface area contributed by atoms with Gasteiger partial charge in [0.15, 0.2) is 5.41 Å². The Bertz CT molecular complexity index is 1450. The van der Waals surface area contributed by atoms with Crippen molar-refractivity contribution in [1.82, 2.24) is 5.01 Å². The van der Waals surface area contributed by atoms with E-state index in [1.54, 1.807) is 30.3 Å². The lowest BCUT2D eigenvalue weighted by Gasteiger charge is -2.28. The highest BCUT2D eigenvalue weighted by Crippen LogP contribution is 2.40. The highest BCUT2D eigenvalue weighted by atomic mass is 35.5. The number of benzene rings is 3. The van der Waals surface area contributed by atoms with Crippen LogP contribution in [0.1, 0.15) is 16.7 Å². The Morgan fingerprint density at radius 1 is 0.975 bits per heavy atom. The summed E-state index contributed by atoms with van der Waals surface area (Å²) in [6, 6.07) is 14.2. The molecule has 0 spiro atoms. The minimum Gasteiger partial charge on any atom is -0.468 e. The van der Waals surface area contributed by atoms with Gasteiger partial charge in [0, 0.05) is 11.3 Å². The van der Waals surface area contributed by atoms with Gasteiger partial charge in [0.25, 0.3) is 0 Å². The zero-order valence-corrected chi connectivity index (χ0v) is 21.1. The second-order valence-electron chi connectivity index (χ2n) is 8.46. The van der Waals surface area contributed by atoms with Gasteiger partial charge in [-0.25, -0.2) is 9.80 Å². The summed E-state index contributed by atoms with van der Waals surface area (Å²) in [5.74, 6) is -1.36. The molecule has 1 aliphatic heterocycles. The molecule has 0 saturated heterocycles. The summed E-state index contributed by atoms with van der Waals surface area (Å²) in [5, 5.41) is 6.94. The maximum absolute atomic E-state index is 13.3. The molecule has 0 fully saturated rings. The average Bonchev–Trinajstić information content (AvgIpc) is 3.30. The van der Waals surface area contributed by atoms with E-state index in [0.717, 1.165) is 54.6 Å². The lowest BCUT2D eigenvalue weighted by Crippen LogP contribution is -2.48. The van der Waals surface area contributed by atoms with Crippen LogP contribution >= 0.6 is 11.6 Å². The van der Waals surface area contributed by atoms with Crippen molar-refractivity contribution in [3.63, 3.8) is 0 Å². The average molecular weight is 586 g/mol. The summed E-state index contributed by atoms with van der Waals surface area (Å²) >= 11 is 5.94. The summed E-state index contributed by atoms with van der Waals surface area (Å²) in [4.78, 5) is 26.5. The lowest BCUT2D eigenvalue weighted by molar-refractivity contribution is -0.274. The Hall–Kier alpha value is -4.26. The molecule has 210 valence electrons. The minimum absolute atomic E-state index is 0.0243. The van der Waals surface area contributed by atoms with Crippen LogP contribution in [0.3, 0.4) is 0 Å². The van der Waals surface area contributed by atoms with Gasteiger partial charge < -0.3 is 14.8 Å². The Labute approximate surface area is 227 Å². The van der Waals surface area contributed by atoms with Crippen molar-refractivity contribution >= 4 is 35.0 Å². The van der Waals surface area contributed by atoms with E-state index in [-0.39, 0.29) is 17.0 Å². The van der Waals surface area contributed by atoms with Crippen LogP contribution in [-0.2, 0) is 21.1 Å². The maximum Gasteiger partial charge on any atom is 0.573 e. The molecular formula is C26H18ClF6N3O4. The number of urea groups is 1. The van der Waals surface area contributed by atoms with Gasteiger partial charge in [-0.1, -0.05) is 48.0 Å². The number of hydrogen-bond acceptors (Lipinski definition) is 5. The van der Waals surface area contributed by atoms with Crippen molar-refractivity contribution in [2.75, 3.05) is 19.0 Å². The number of methoxy groups -OCH3 is 1. The topological polar surface area (TPSA) is 80.2 Å². The third kappa shape index (κ3) is 5.83. The largest absolute Gasteiger partial charge is 0.573 e. The molecule has 1 unspecified atom stereocenters. The first-order valence-corrected chi connectivity index (χ1v) is 11.7. The smallest absolute Gasteiger partial charge is 0.468 e. The number of carbonyl (C=O) groups is 2. The van der Waals surface area contributed by atoms with Gasteiger partial charge in [-0.3, -0.25) is 4.79 Å². The molecule has 14 heteroatoms. The number of ether oxygens (including phenoxy) is 2. The van der Waals surface area contributed by atoms with Gasteiger partial charge in [-0.05, 0) is 42.0 Å². The monoisotopic (exact) mass is 585 g/mol. The molecular weight excluding hydrogens is 568 g/mol. The van der Waals surface area contributed by atoms with Crippen LogP contribution in [0.5, 0.6) is 5.75 Å². The number of hydrazone groups is 1. The number of esters is 1. The summed E-state index contributed by atoms with van der Waals surface area (Å²) in [7, 11) is 1.11. The highest BCUT2D eigenvalue weighted by molar-refractivity contribution is 6.32. The van der Waals surface area contributed by atoms with E-state index in [2.05, 4.69) is 15.2 Å². The van der Waals surface area contributed by atoms with Crippen molar-refractivity contribution in [3.8, 4) is 5.75 Å². The Morgan fingerprint density at radius 3 is 2.17 bits per heavy atom. The number of carbonyl (C=O) groups excluding carboxylic acids is 2. The number of halogens is 7. The first-order valence-electron chi connectivity index (χ1n) is 11.3. The van der Waals surface area contributed by atoms with Crippen molar-refractivity contribution in [2.24, 2.45) is 5.10 Å². The first-order chi connectivity index (χ1) is 18.7. The first kappa shape index (κ1) is 28.7. The molecule has 3 aromatic carbocycles. The van der Waals surface area contributed by atoms with Gasteiger partial charge in [-0.2, -0.15) is 18.3 Å². The number of hydrogen-bond donors (Lipinski definition) is 1. The van der Waals surface area contributed by atoms with E-state index >= 15 is 0 Å². The van der Waals surface area contributed by atoms with E-state index in [0.29, 0.717) is 5.56 Å². The molecule has 3 aromatic rings. The Morgan fingerprint density at radius 2 is 1.62 bits per heavy atom. The third-order valence-corrected chi connectivity index (χ3v) is 6.25. The van der Waals surface area contributed by atoms with Gasteiger partial charge in [0.1, 0.15) is 5.75 Å². The number of nitrogens with one attached hydrogen (secondary N) is 1. The fourth-order valence-electron chi connectivity index (χ4n) is 4.19. The fraction of sp³-hybridized carbons (Fsp3) is 0.192. The van der Waals surface area contributed by atoms with Crippen molar-refractivity contribution in [3.05, 3.63) is 94.5 Å². The summed E-state index contributed by atoms with van der Waals surface area (Å²) in [6.45, 7) is -0.418. The van der Waals surface area contributed by atoms with Crippen LogP contribution in [0, 0.1) is 0 Å². The van der Waals surface area contributed by atoms with E-state index in [9.17, 15) is 35.9 Å². The van der Waals surface area contributed by atoms with Gasteiger partial charge >= 0.3 is 24.5 Å². The molecule has 1 N–H and O–H groups in total. The molecule has 0 radical (unpaired) electrons. The molecule has 1 heterocycles. The van der Waals surface area contributed by atoms with E-state index < -0.39 is 52.8 Å². The molecule has 0 aliphatic carbocycles. The van der Waals surface area contributed by atoms with Gasteiger partial charge in [0.2, 0.25) is 0 Å². The number of amides is 2. The highest BCUT2D eigenvalue weighted by Gasteiger charge is 2.53. The number of alkyl halides is 6. The second-order valence-corrected chi connectivity index (χ2v) is 8.87. The molecule has 0 bridgehead atoms. The van der Waals surface area contributed by atoms with Gasteiger partial charge in [0.05, 0.1) is 30.0 Å².